The van der Waals surface area contributed by atoms with E-state index >= 15 is 0 Å². The van der Waals surface area contributed by atoms with Crippen molar-refractivity contribution in [2.45, 2.75) is 47.0 Å². The monoisotopic (exact) mass is 264 g/mol. The van der Waals surface area contributed by atoms with Crippen LogP contribution in [0.1, 0.15) is 45.0 Å². The van der Waals surface area contributed by atoms with Gasteiger partial charge in [0, 0.05) is 32.6 Å². The second-order valence-electron chi connectivity index (χ2n) is 5.54. The Morgan fingerprint density at radius 1 is 1.26 bits per heavy atom. The number of aryl methyl sites for hydroxylation is 1. The Kier molecular flexibility index (Phi) is 6.06. The van der Waals surface area contributed by atoms with Crippen LogP contribution >= 0.6 is 0 Å². The molecule has 4 nitrogen and oxygen atoms in total. The van der Waals surface area contributed by atoms with Crippen LogP contribution in [0.2, 0.25) is 0 Å². The summed E-state index contributed by atoms with van der Waals surface area (Å²) in [5, 5.41) is 3.18. The molecule has 0 aliphatic heterocycles. The van der Waals surface area contributed by atoms with Crippen LogP contribution in [0, 0.1) is 12.8 Å². The number of rotatable bonds is 7. The molecule has 1 aromatic heterocycles. The number of anilines is 2. The normalized spacial score (nSPS) is 10.9. The quantitative estimate of drug-likeness (QED) is 0.820. The Morgan fingerprint density at radius 2 is 1.95 bits per heavy atom. The highest BCUT2D eigenvalue weighted by atomic mass is 15.2. The predicted molar refractivity (Wildman–Crippen MR) is 83.0 cm³/mol. The van der Waals surface area contributed by atoms with Gasteiger partial charge in [0.1, 0.15) is 17.5 Å². The Labute approximate surface area is 117 Å². The number of nitrogens with zero attached hydrogens (tertiary/aromatic N) is 3. The molecule has 0 aliphatic rings. The maximum Gasteiger partial charge on any atom is 0.137 e. The van der Waals surface area contributed by atoms with E-state index in [1.807, 2.05) is 7.05 Å². The zero-order valence-electron chi connectivity index (χ0n) is 13.2. The highest BCUT2D eigenvalue weighted by molar-refractivity contribution is 5.58. The molecule has 4 heteroatoms. The molecular formula is C15H28N4. The van der Waals surface area contributed by atoms with Gasteiger partial charge in [0.25, 0.3) is 0 Å². The lowest BCUT2D eigenvalue weighted by molar-refractivity contribution is 0.582. The summed E-state index contributed by atoms with van der Waals surface area (Å²) in [6.45, 7) is 9.78. The fourth-order valence-corrected chi connectivity index (χ4v) is 2.06. The molecule has 1 rings (SSSR count). The predicted octanol–water partition coefficient (Wildman–Crippen LogP) is 3.26. The van der Waals surface area contributed by atoms with Crippen LogP contribution in [0.5, 0.6) is 0 Å². The van der Waals surface area contributed by atoms with Crippen molar-refractivity contribution in [1.29, 1.82) is 0 Å². The van der Waals surface area contributed by atoms with E-state index in [0.29, 0.717) is 5.92 Å². The molecular weight excluding hydrogens is 236 g/mol. The standard InChI is InChI=1S/C15H28N4/c1-7-8-13-17-14(16-5)12(4)15(18-13)19(6)10-9-11(2)3/h11H,7-10H2,1-6H3,(H,16,17,18). The van der Waals surface area contributed by atoms with Crippen LogP contribution in [0.15, 0.2) is 0 Å². The van der Waals surface area contributed by atoms with Crippen molar-refractivity contribution in [3.63, 3.8) is 0 Å². The third kappa shape index (κ3) is 4.37. The minimum Gasteiger partial charge on any atom is -0.373 e. The van der Waals surface area contributed by atoms with Gasteiger partial charge in [-0.1, -0.05) is 20.8 Å². The summed E-state index contributed by atoms with van der Waals surface area (Å²) >= 11 is 0. The summed E-state index contributed by atoms with van der Waals surface area (Å²) < 4.78 is 0. The Hall–Kier alpha value is -1.32. The molecule has 0 spiro atoms. The van der Waals surface area contributed by atoms with Gasteiger partial charge >= 0.3 is 0 Å². The molecule has 108 valence electrons. The minimum absolute atomic E-state index is 0.712. The van der Waals surface area contributed by atoms with Crippen LogP contribution < -0.4 is 10.2 Å². The number of aromatic nitrogens is 2. The summed E-state index contributed by atoms with van der Waals surface area (Å²) in [5.74, 6) is 3.65. The van der Waals surface area contributed by atoms with Gasteiger partial charge in [0.2, 0.25) is 0 Å². The van der Waals surface area contributed by atoms with Crippen molar-refractivity contribution in [2.75, 3.05) is 30.9 Å². The molecule has 0 unspecified atom stereocenters. The maximum atomic E-state index is 4.72. The zero-order valence-corrected chi connectivity index (χ0v) is 13.2. The minimum atomic E-state index is 0.712. The molecule has 0 bridgehead atoms. The number of nitrogens with one attached hydrogen (secondary N) is 1. The van der Waals surface area contributed by atoms with Gasteiger partial charge in [-0.25, -0.2) is 9.97 Å². The lowest BCUT2D eigenvalue weighted by Gasteiger charge is -2.23. The van der Waals surface area contributed by atoms with Crippen molar-refractivity contribution < 1.29 is 0 Å². The third-order valence-electron chi connectivity index (χ3n) is 3.28. The van der Waals surface area contributed by atoms with Gasteiger partial charge in [0.05, 0.1) is 0 Å². The summed E-state index contributed by atoms with van der Waals surface area (Å²) in [6, 6.07) is 0. The summed E-state index contributed by atoms with van der Waals surface area (Å²) in [7, 11) is 4.04. The van der Waals surface area contributed by atoms with Crippen LogP contribution in [-0.4, -0.2) is 30.6 Å². The van der Waals surface area contributed by atoms with Crippen molar-refractivity contribution in [3.8, 4) is 0 Å². The molecule has 1 heterocycles. The first-order valence-corrected chi connectivity index (χ1v) is 7.26. The Bertz CT molecular complexity index is 401. The highest BCUT2D eigenvalue weighted by Crippen LogP contribution is 2.23. The first-order valence-electron chi connectivity index (χ1n) is 7.26. The van der Waals surface area contributed by atoms with E-state index in [1.165, 1.54) is 6.42 Å². The molecule has 0 amide bonds. The number of hydrogen-bond acceptors (Lipinski definition) is 4. The number of hydrogen-bond donors (Lipinski definition) is 1. The average molecular weight is 264 g/mol. The zero-order chi connectivity index (χ0) is 14.4. The summed E-state index contributed by atoms with van der Waals surface area (Å²) in [4.78, 5) is 11.5. The smallest absolute Gasteiger partial charge is 0.137 e. The largest absolute Gasteiger partial charge is 0.373 e. The highest BCUT2D eigenvalue weighted by Gasteiger charge is 2.13. The second kappa shape index (κ2) is 7.31. The van der Waals surface area contributed by atoms with E-state index < -0.39 is 0 Å². The lowest BCUT2D eigenvalue weighted by Crippen LogP contribution is -2.23. The van der Waals surface area contributed by atoms with Crippen molar-refractivity contribution in [3.05, 3.63) is 11.4 Å². The Morgan fingerprint density at radius 3 is 2.47 bits per heavy atom. The Balaban J connectivity index is 2.99. The molecule has 1 N–H and O–H groups in total. The van der Waals surface area contributed by atoms with E-state index in [4.69, 9.17) is 4.98 Å². The van der Waals surface area contributed by atoms with Crippen molar-refractivity contribution in [1.82, 2.24) is 9.97 Å². The van der Waals surface area contributed by atoms with Gasteiger partial charge in [-0.3, -0.25) is 0 Å². The molecule has 19 heavy (non-hydrogen) atoms. The molecule has 0 atom stereocenters. The van der Waals surface area contributed by atoms with Crippen LogP contribution in [0.4, 0.5) is 11.6 Å². The SMILES string of the molecule is CCCc1nc(NC)c(C)c(N(C)CCC(C)C)n1. The molecule has 0 aromatic carbocycles. The molecule has 0 aliphatic carbocycles. The molecule has 0 saturated carbocycles. The van der Waals surface area contributed by atoms with Crippen LogP contribution in [0.25, 0.3) is 0 Å². The van der Waals surface area contributed by atoms with Gasteiger partial charge in [0.15, 0.2) is 0 Å². The first-order chi connectivity index (χ1) is 8.99. The maximum absolute atomic E-state index is 4.72. The van der Waals surface area contributed by atoms with E-state index in [0.717, 1.165) is 42.4 Å². The first kappa shape index (κ1) is 15.7. The van der Waals surface area contributed by atoms with E-state index in [-0.39, 0.29) is 0 Å². The summed E-state index contributed by atoms with van der Waals surface area (Å²) in [5.41, 5.74) is 1.13. The fraction of sp³-hybridized carbons (Fsp3) is 0.733. The van der Waals surface area contributed by atoms with E-state index in [2.05, 4.69) is 49.9 Å². The topological polar surface area (TPSA) is 41.1 Å². The van der Waals surface area contributed by atoms with Crippen molar-refractivity contribution in [2.24, 2.45) is 5.92 Å². The van der Waals surface area contributed by atoms with Gasteiger partial charge < -0.3 is 10.2 Å². The molecule has 0 fully saturated rings. The van der Waals surface area contributed by atoms with Crippen molar-refractivity contribution >= 4 is 11.6 Å². The molecule has 0 radical (unpaired) electrons. The van der Waals surface area contributed by atoms with Gasteiger partial charge in [-0.2, -0.15) is 0 Å². The third-order valence-corrected chi connectivity index (χ3v) is 3.28. The fourth-order valence-electron chi connectivity index (χ4n) is 2.06. The lowest BCUT2D eigenvalue weighted by atomic mass is 10.1. The van der Waals surface area contributed by atoms with Gasteiger partial charge in [-0.05, 0) is 25.7 Å². The average Bonchev–Trinajstić information content (AvgIpc) is 2.38. The van der Waals surface area contributed by atoms with E-state index in [9.17, 15) is 0 Å². The van der Waals surface area contributed by atoms with Gasteiger partial charge in [-0.15, -0.1) is 0 Å². The molecule has 1 aromatic rings. The summed E-state index contributed by atoms with van der Waals surface area (Å²) in [6.07, 6.45) is 3.18. The van der Waals surface area contributed by atoms with Crippen LogP contribution in [0.3, 0.4) is 0 Å². The second-order valence-corrected chi connectivity index (χ2v) is 5.54. The molecule has 0 saturated heterocycles. The van der Waals surface area contributed by atoms with Crippen LogP contribution in [-0.2, 0) is 6.42 Å². The van der Waals surface area contributed by atoms with E-state index in [1.54, 1.807) is 0 Å².